The summed E-state index contributed by atoms with van der Waals surface area (Å²) in [4.78, 5) is 0. The van der Waals surface area contributed by atoms with E-state index in [2.05, 4.69) is 0 Å². The second kappa shape index (κ2) is 8.64. The Kier molecular flexibility index (Phi) is 5.82. The Morgan fingerprint density at radius 1 is 0.250 bits per heavy atom. The van der Waals surface area contributed by atoms with Crippen LogP contribution in [0.3, 0.4) is 0 Å². The van der Waals surface area contributed by atoms with E-state index in [-0.39, 0.29) is 23.0 Å². The highest BCUT2D eigenvalue weighted by Crippen LogP contribution is 2.24. The second-order valence-corrected chi connectivity index (χ2v) is 6.19. The van der Waals surface area contributed by atoms with E-state index in [9.17, 15) is 0 Å². The van der Waals surface area contributed by atoms with E-state index in [1.165, 1.54) is 0 Å². The van der Waals surface area contributed by atoms with Gasteiger partial charge in [0.15, 0.2) is 0 Å². The molecule has 0 atom stereocenters. The van der Waals surface area contributed by atoms with Gasteiger partial charge in [-0.15, -0.1) is 0 Å². The molecule has 0 heterocycles. The van der Waals surface area contributed by atoms with Gasteiger partial charge in [0.25, 0.3) is 0 Å². The molecule has 0 aliphatic rings. The second-order valence-electron chi connectivity index (χ2n) is 6.19. The monoisotopic (exact) mass is 372 g/mol. The van der Waals surface area contributed by atoms with Gasteiger partial charge in [-0.25, -0.2) is 0 Å². The predicted octanol–water partition coefficient (Wildman–Crippen LogP) is 5.53. The third-order valence-corrected chi connectivity index (χ3v) is 4.14. The predicted molar refractivity (Wildman–Crippen MR) is 110 cm³/mol. The average Bonchev–Trinajstić information content (AvgIpc) is 2.71. The summed E-state index contributed by atoms with van der Waals surface area (Å²) >= 11 is 0. The van der Waals surface area contributed by atoms with Gasteiger partial charge < -0.3 is 20.4 Å². The van der Waals surface area contributed by atoms with Crippen molar-refractivity contribution in [3.8, 4) is 45.3 Å². The Labute approximate surface area is 163 Å². The Morgan fingerprint density at radius 2 is 0.393 bits per heavy atom. The van der Waals surface area contributed by atoms with E-state index in [0.29, 0.717) is 0 Å². The van der Waals surface area contributed by atoms with Crippen molar-refractivity contribution >= 4 is 0 Å². The molecule has 4 N–H and O–H groups in total. The van der Waals surface area contributed by atoms with E-state index >= 15 is 0 Å². The minimum Gasteiger partial charge on any atom is -0.508 e. The molecule has 0 spiro atoms. The lowest BCUT2D eigenvalue weighted by Gasteiger charge is -2.01. The van der Waals surface area contributed by atoms with Crippen LogP contribution in [0.15, 0.2) is 97.1 Å². The van der Waals surface area contributed by atoms with Crippen LogP contribution < -0.4 is 0 Å². The number of benzene rings is 4. The minimum absolute atomic E-state index is 0.257. The molecule has 4 aromatic rings. The van der Waals surface area contributed by atoms with Crippen LogP contribution in [0.2, 0.25) is 0 Å². The number of rotatable bonds is 2. The van der Waals surface area contributed by atoms with Crippen LogP contribution in [-0.2, 0) is 0 Å². The van der Waals surface area contributed by atoms with Gasteiger partial charge in [0, 0.05) is 0 Å². The number of aromatic hydroxyl groups is 4. The van der Waals surface area contributed by atoms with Gasteiger partial charge in [0.05, 0.1) is 0 Å². The van der Waals surface area contributed by atoms with Crippen molar-refractivity contribution < 1.29 is 20.4 Å². The first-order valence-corrected chi connectivity index (χ1v) is 8.68. The molecule has 0 aliphatic carbocycles. The third-order valence-electron chi connectivity index (χ3n) is 4.14. The Bertz CT molecular complexity index is 830. The van der Waals surface area contributed by atoms with Gasteiger partial charge in [-0.05, 0) is 70.8 Å². The molecular weight excluding hydrogens is 352 g/mol. The fraction of sp³-hybridized carbons (Fsp3) is 0. The summed E-state index contributed by atoms with van der Waals surface area (Å²) in [6, 6.07) is 27.8. The zero-order valence-electron chi connectivity index (χ0n) is 15.0. The van der Waals surface area contributed by atoms with Gasteiger partial charge in [0.2, 0.25) is 0 Å². The first-order valence-electron chi connectivity index (χ1n) is 8.68. The summed E-state index contributed by atoms with van der Waals surface area (Å²) in [6.45, 7) is 0. The highest BCUT2D eigenvalue weighted by molar-refractivity contribution is 5.65. The maximum atomic E-state index is 9.11. The van der Waals surface area contributed by atoms with Crippen molar-refractivity contribution in [1.29, 1.82) is 0 Å². The summed E-state index contributed by atoms with van der Waals surface area (Å²) in [6.07, 6.45) is 0. The Balaban J connectivity index is 0.000000161. The quantitative estimate of drug-likeness (QED) is 0.373. The maximum absolute atomic E-state index is 9.11. The van der Waals surface area contributed by atoms with Crippen molar-refractivity contribution in [2.45, 2.75) is 0 Å². The molecule has 0 aliphatic heterocycles. The smallest absolute Gasteiger partial charge is 0.115 e. The van der Waals surface area contributed by atoms with E-state index in [1.807, 2.05) is 48.5 Å². The molecule has 0 fully saturated rings. The van der Waals surface area contributed by atoms with Crippen LogP contribution in [-0.4, -0.2) is 20.4 Å². The summed E-state index contributed by atoms with van der Waals surface area (Å²) in [5.74, 6) is 1.03. The molecule has 4 rings (SSSR count). The number of phenols is 4. The van der Waals surface area contributed by atoms with Crippen molar-refractivity contribution in [3.05, 3.63) is 97.1 Å². The molecule has 0 aromatic heterocycles. The largest absolute Gasteiger partial charge is 0.508 e. The van der Waals surface area contributed by atoms with Gasteiger partial charge in [-0.2, -0.15) is 0 Å². The molecule has 0 saturated heterocycles. The molecule has 4 nitrogen and oxygen atoms in total. The lowest BCUT2D eigenvalue weighted by Crippen LogP contribution is -1.75. The standard InChI is InChI=1S/2C12H10O2/c2*13-11-5-1-9(2-6-11)10-3-7-12(14)8-4-10/h2*1-8,13-14H. The third kappa shape index (κ3) is 5.05. The first kappa shape index (κ1) is 18.9. The van der Waals surface area contributed by atoms with Crippen molar-refractivity contribution in [3.63, 3.8) is 0 Å². The van der Waals surface area contributed by atoms with Crippen molar-refractivity contribution in [1.82, 2.24) is 0 Å². The van der Waals surface area contributed by atoms with Crippen LogP contribution in [0.5, 0.6) is 23.0 Å². The van der Waals surface area contributed by atoms with Crippen molar-refractivity contribution in [2.24, 2.45) is 0 Å². The summed E-state index contributed by atoms with van der Waals surface area (Å²) < 4.78 is 0. The van der Waals surface area contributed by atoms with Crippen LogP contribution in [0.25, 0.3) is 22.3 Å². The molecule has 0 saturated carbocycles. The lowest BCUT2D eigenvalue weighted by molar-refractivity contribution is 0.474. The molecule has 140 valence electrons. The number of hydrogen-bond acceptors (Lipinski definition) is 4. The van der Waals surface area contributed by atoms with E-state index in [4.69, 9.17) is 20.4 Å². The zero-order chi connectivity index (χ0) is 19.9. The SMILES string of the molecule is Oc1ccc(-c2ccc(O)cc2)cc1.Oc1ccc(-c2ccc(O)cc2)cc1. The molecule has 0 bridgehead atoms. The summed E-state index contributed by atoms with van der Waals surface area (Å²) in [5.41, 5.74) is 4.07. The number of phenolic OH excluding ortho intramolecular Hbond substituents is 4. The van der Waals surface area contributed by atoms with Crippen LogP contribution in [0.1, 0.15) is 0 Å². The average molecular weight is 372 g/mol. The van der Waals surface area contributed by atoms with E-state index in [0.717, 1.165) is 22.3 Å². The Morgan fingerprint density at radius 3 is 0.536 bits per heavy atom. The molecule has 0 unspecified atom stereocenters. The highest BCUT2D eigenvalue weighted by atomic mass is 16.3. The van der Waals surface area contributed by atoms with Crippen LogP contribution in [0.4, 0.5) is 0 Å². The molecule has 28 heavy (non-hydrogen) atoms. The topological polar surface area (TPSA) is 80.9 Å². The fourth-order valence-corrected chi connectivity index (χ4v) is 2.62. The van der Waals surface area contributed by atoms with Crippen molar-refractivity contribution in [2.75, 3.05) is 0 Å². The lowest BCUT2D eigenvalue weighted by atomic mass is 10.1. The zero-order valence-corrected chi connectivity index (χ0v) is 15.0. The molecule has 4 heteroatoms. The molecule has 0 amide bonds. The molecule has 4 aromatic carbocycles. The summed E-state index contributed by atoms with van der Waals surface area (Å²) in [7, 11) is 0. The molecular formula is C24H20O4. The summed E-state index contributed by atoms with van der Waals surface area (Å²) in [5, 5.41) is 36.4. The van der Waals surface area contributed by atoms with E-state index < -0.39 is 0 Å². The van der Waals surface area contributed by atoms with E-state index in [1.54, 1.807) is 48.5 Å². The van der Waals surface area contributed by atoms with Gasteiger partial charge >= 0.3 is 0 Å². The van der Waals surface area contributed by atoms with Gasteiger partial charge in [0.1, 0.15) is 23.0 Å². The maximum Gasteiger partial charge on any atom is 0.115 e. The highest BCUT2D eigenvalue weighted by Gasteiger charge is 1.98. The number of hydrogen-bond donors (Lipinski definition) is 4. The fourth-order valence-electron chi connectivity index (χ4n) is 2.62. The Hall–Kier alpha value is -3.92. The van der Waals surface area contributed by atoms with Crippen LogP contribution in [0, 0.1) is 0 Å². The minimum atomic E-state index is 0.257. The van der Waals surface area contributed by atoms with Gasteiger partial charge in [-0.1, -0.05) is 48.5 Å². The first-order chi connectivity index (χ1) is 13.5. The molecule has 0 radical (unpaired) electrons. The normalized spacial score (nSPS) is 10.0. The van der Waals surface area contributed by atoms with Crippen LogP contribution >= 0.6 is 0 Å². The van der Waals surface area contributed by atoms with Gasteiger partial charge in [-0.3, -0.25) is 0 Å².